The molecule has 0 aliphatic rings. The molecular formula is C31H45N5O13. The Morgan fingerprint density at radius 1 is 0.612 bits per heavy atom. The van der Waals surface area contributed by atoms with Gasteiger partial charge in [-0.15, -0.1) is 0 Å². The molecule has 6 unspecified atom stereocenters. The highest BCUT2D eigenvalue weighted by Crippen LogP contribution is 2.13. The van der Waals surface area contributed by atoms with E-state index >= 15 is 0 Å². The van der Waals surface area contributed by atoms with Crippen molar-refractivity contribution in [2.75, 3.05) is 7.05 Å². The average Bonchev–Trinajstić information content (AvgIpc) is 3.03. The van der Waals surface area contributed by atoms with Gasteiger partial charge in [0.2, 0.25) is 23.6 Å². The Morgan fingerprint density at radius 3 is 1.31 bits per heavy atom. The third-order valence-corrected chi connectivity index (χ3v) is 7.66. The Bertz CT molecular complexity index is 1340. The second-order valence-corrected chi connectivity index (χ2v) is 11.4. The first kappa shape index (κ1) is 41.8. The number of carbonyl (C=O) groups excluding carboxylic acids is 4. The number of aromatic hydroxyl groups is 1. The van der Waals surface area contributed by atoms with Crippen molar-refractivity contribution < 1.29 is 63.9 Å². The van der Waals surface area contributed by atoms with Crippen molar-refractivity contribution in [3.05, 3.63) is 29.8 Å². The van der Waals surface area contributed by atoms with Gasteiger partial charge in [0.05, 0.1) is 6.04 Å². The molecule has 0 fully saturated rings. The normalized spacial score (nSPS) is 14.5. The number of aliphatic carboxylic acids is 4. The Balaban J connectivity index is 3.27. The lowest BCUT2D eigenvalue weighted by Gasteiger charge is -2.27. The van der Waals surface area contributed by atoms with Crippen LogP contribution in [0.15, 0.2) is 24.3 Å². The highest BCUT2D eigenvalue weighted by atomic mass is 16.4. The molecule has 4 amide bonds. The summed E-state index contributed by atoms with van der Waals surface area (Å²) in [6, 6.07) is -1.10. The standard InChI is InChI=1S/C31H45N5O13/c1-4-16(2)26(31(48)49)36-29(46)21(11-14-25(42)43)34-27(44)19(9-12-23(38)39)33-28(45)20(10-13-24(40)41)35-30(47)22(32-3)15-17-5-7-18(37)8-6-17/h5-8,16,19-22,26,32,37H,4,9-15H2,1-3H3,(H,33,45)(H,34,44)(H,35,47)(H,36,46)(H,38,39)(H,40,41)(H,42,43)(H,48,49). The molecule has 6 atom stereocenters. The van der Waals surface area contributed by atoms with Crippen molar-refractivity contribution in [2.24, 2.45) is 5.92 Å². The van der Waals surface area contributed by atoms with E-state index in [9.17, 15) is 58.8 Å². The molecule has 0 heterocycles. The number of nitrogens with one attached hydrogen (secondary N) is 5. The Labute approximate surface area is 282 Å². The summed E-state index contributed by atoms with van der Waals surface area (Å²) in [5, 5.41) is 58.8. The van der Waals surface area contributed by atoms with Crippen LogP contribution in [0.5, 0.6) is 5.75 Å². The largest absolute Gasteiger partial charge is 0.508 e. The number of rotatable bonds is 23. The number of amides is 4. The molecule has 1 aromatic rings. The molecule has 0 aliphatic heterocycles. The molecule has 10 N–H and O–H groups in total. The molecule has 18 heteroatoms. The number of hydrogen-bond acceptors (Lipinski definition) is 10. The zero-order valence-corrected chi connectivity index (χ0v) is 27.4. The summed E-state index contributed by atoms with van der Waals surface area (Å²) in [6.45, 7) is 3.25. The minimum absolute atomic E-state index is 0.00508. The molecule has 0 spiro atoms. The topological polar surface area (TPSA) is 298 Å². The second-order valence-electron chi connectivity index (χ2n) is 11.4. The maximum Gasteiger partial charge on any atom is 0.326 e. The number of phenolic OH excluding ortho intramolecular Hbond substituents is 1. The van der Waals surface area contributed by atoms with E-state index in [1.807, 2.05) is 0 Å². The first-order chi connectivity index (χ1) is 23.0. The number of carboxylic acid groups (broad SMARTS) is 4. The third kappa shape index (κ3) is 15.5. The van der Waals surface area contributed by atoms with Gasteiger partial charge in [-0.1, -0.05) is 32.4 Å². The van der Waals surface area contributed by atoms with E-state index in [2.05, 4.69) is 26.6 Å². The van der Waals surface area contributed by atoms with E-state index in [1.165, 1.54) is 19.2 Å². The van der Waals surface area contributed by atoms with Gasteiger partial charge < -0.3 is 52.1 Å². The summed E-state index contributed by atoms with van der Waals surface area (Å²) in [7, 11) is 1.47. The predicted octanol–water partition coefficient (Wildman–Crippen LogP) is -0.813. The Hall–Kier alpha value is -5.26. The van der Waals surface area contributed by atoms with Gasteiger partial charge in [0, 0.05) is 19.3 Å². The minimum atomic E-state index is -1.66. The van der Waals surface area contributed by atoms with Crippen LogP contribution in [0.4, 0.5) is 0 Å². The summed E-state index contributed by atoms with van der Waals surface area (Å²) >= 11 is 0. The molecule has 18 nitrogen and oxygen atoms in total. The average molecular weight is 696 g/mol. The number of carboxylic acids is 4. The van der Waals surface area contributed by atoms with E-state index in [0.29, 0.717) is 12.0 Å². The molecular weight excluding hydrogens is 650 g/mol. The van der Waals surface area contributed by atoms with E-state index in [4.69, 9.17) is 5.11 Å². The molecule has 0 saturated carbocycles. The van der Waals surface area contributed by atoms with Gasteiger partial charge in [0.25, 0.3) is 0 Å². The summed E-state index contributed by atoms with van der Waals surface area (Å²) < 4.78 is 0. The molecule has 0 aromatic heterocycles. The minimum Gasteiger partial charge on any atom is -0.508 e. The van der Waals surface area contributed by atoms with Gasteiger partial charge in [-0.3, -0.25) is 33.6 Å². The molecule has 272 valence electrons. The lowest BCUT2D eigenvalue weighted by Crippen LogP contribution is -2.59. The SMILES string of the molecule is CCC(C)C(NC(=O)C(CCC(=O)O)NC(=O)C(CCC(=O)O)NC(=O)C(CCC(=O)O)NC(=O)C(Cc1ccc(O)cc1)NC)C(=O)O. The first-order valence-corrected chi connectivity index (χ1v) is 15.5. The van der Waals surface area contributed by atoms with E-state index in [0.717, 1.165) is 0 Å². The van der Waals surface area contributed by atoms with Crippen LogP contribution in [-0.4, -0.2) is 110 Å². The van der Waals surface area contributed by atoms with Crippen molar-refractivity contribution in [1.29, 1.82) is 0 Å². The quantitative estimate of drug-likeness (QED) is 0.0670. The van der Waals surface area contributed by atoms with Gasteiger partial charge in [-0.25, -0.2) is 4.79 Å². The maximum atomic E-state index is 13.4. The van der Waals surface area contributed by atoms with E-state index in [-0.39, 0.29) is 12.2 Å². The number of carbonyl (C=O) groups is 8. The smallest absolute Gasteiger partial charge is 0.326 e. The molecule has 0 radical (unpaired) electrons. The Morgan fingerprint density at radius 2 is 0.980 bits per heavy atom. The van der Waals surface area contributed by atoms with E-state index < -0.39 is 122 Å². The molecule has 0 aliphatic carbocycles. The second kappa shape index (κ2) is 20.9. The van der Waals surface area contributed by atoms with Gasteiger partial charge >= 0.3 is 23.9 Å². The van der Waals surface area contributed by atoms with Crippen LogP contribution in [0, 0.1) is 5.92 Å². The van der Waals surface area contributed by atoms with Crippen LogP contribution in [0.3, 0.4) is 0 Å². The fraction of sp³-hybridized carbons (Fsp3) is 0.548. The van der Waals surface area contributed by atoms with Crippen LogP contribution in [0.2, 0.25) is 0 Å². The van der Waals surface area contributed by atoms with Gasteiger partial charge in [0.1, 0.15) is 29.9 Å². The van der Waals surface area contributed by atoms with Crippen LogP contribution in [0.1, 0.15) is 64.4 Å². The predicted molar refractivity (Wildman–Crippen MR) is 170 cm³/mol. The van der Waals surface area contributed by atoms with Crippen LogP contribution in [-0.2, 0) is 44.8 Å². The van der Waals surface area contributed by atoms with Crippen molar-refractivity contribution >= 4 is 47.5 Å². The molecule has 1 rings (SSSR count). The van der Waals surface area contributed by atoms with Gasteiger partial charge in [0.15, 0.2) is 0 Å². The number of benzene rings is 1. The van der Waals surface area contributed by atoms with E-state index in [1.54, 1.807) is 26.0 Å². The van der Waals surface area contributed by atoms with Crippen molar-refractivity contribution in [2.45, 2.75) is 95.4 Å². The number of phenols is 1. The third-order valence-electron chi connectivity index (χ3n) is 7.66. The van der Waals surface area contributed by atoms with Crippen molar-refractivity contribution in [3.8, 4) is 5.75 Å². The first-order valence-electron chi connectivity index (χ1n) is 15.5. The van der Waals surface area contributed by atoms with Gasteiger partial charge in [-0.2, -0.15) is 0 Å². The fourth-order valence-corrected chi connectivity index (χ4v) is 4.56. The molecule has 1 aromatic carbocycles. The highest BCUT2D eigenvalue weighted by Gasteiger charge is 2.33. The monoisotopic (exact) mass is 695 g/mol. The van der Waals surface area contributed by atoms with Crippen LogP contribution in [0.25, 0.3) is 0 Å². The zero-order valence-electron chi connectivity index (χ0n) is 27.4. The summed E-state index contributed by atoms with van der Waals surface area (Å²) in [5.74, 6) is -9.79. The lowest BCUT2D eigenvalue weighted by molar-refractivity contribution is -0.144. The van der Waals surface area contributed by atoms with Crippen LogP contribution >= 0.6 is 0 Å². The van der Waals surface area contributed by atoms with Crippen molar-refractivity contribution in [1.82, 2.24) is 26.6 Å². The van der Waals surface area contributed by atoms with Crippen molar-refractivity contribution in [3.63, 3.8) is 0 Å². The number of likely N-dealkylation sites (N-methyl/N-ethyl adjacent to an activating group) is 1. The molecule has 0 bridgehead atoms. The summed E-state index contributed by atoms with van der Waals surface area (Å²) in [5.41, 5.74) is 0.643. The lowest BCUT2D eigenvalue weighted by atomic mass is 9.98. The van der Waals surface area contributed by atoms with Gasteiger partial charge in [-0.05, 0) is 56.3 Å². The number of hydrogen-bond donors (Lipinski definition) is 10. The summed E-state index contributed by atoms with van der Waals surface area (Å²) in [6.07, 6.45) is -2.81. The zero-order chi connectivity index (χ0) is 37.3. The maximum absolute atomic E-state index is 13.4. The molecule has 49 heavy (non-hydrogen) atoms. The van der Waals surface area contributed by atoms with Crippen LogP contribution < -0.4 is 26.6 Å². The fourth-order valence-electron chi connectivity index (χ4n) is 4.56. The molecule has 0 saturated heterocycles. The highest BCUT2D eigenvalue weighted by molar-refractivity contribution is 5.96. The summed E-state index contributed by atoms with van der Waals surface area (Å²) in [4.78, 5) is 98.7. The Kier molecular flexibility index (Phi) is 17.8.